The van der Waals surface area contributed by atoms with E-state index in [1.54, 1.807) is 6.07 Å². The molecule has 1 aromatic carbocycles. The molecular formula is C11H7BrClFN2O2. The van der Waals surface area contributed by atoms with Crippen molar-refractivity contribution >= 4 is 27.5 Å². The van der Waals surface area contributed by atoms with Crippen molar-refractivity contribution in [2.24, 2.45) is 0 Å². The molecule has 1 N–H and O–H groups in total. The fraction of sp³-hybridized carbons (Fsp3) is 0.0909. The molecule has 0 amide bonds. The highest BCUT2D eigenvalue weighted by molar-refractivity contribution is 9.10. The van der Waals surface area contributed by atoms with E-state index < -0.39 is 17.1 Å². The number of hydrogen-bond acceptors (Lipinski definition) is 2. The molecule has 0 aliphatic rings. The summed E-state index contributed by atoms with van der Waals surface area (Å²) in [7, 11) is 0. The highest BCUT2D eigenvalue weighted by Crippen LogP contribution is 2.20. The normalized spacial score (nSPS) is 10.6. The molecule has 0 unspecified atom stereocenters. The van der Waals surface area contributed by atoms with Crippen LogP contribution in [0.15, 0.2) is 38.5 Å². The van der Waals surface area contributed by atoms with Gasteiger partial charge in [-0.05, 0) is 27.6 Å². The largest absolute Gasteiger partial charge is 0.328 e. The Hall–Kier alpha value is -1.40. The standard InChI is InChI=1S/C11H7BrClFN2O2/c12-9-6(2-1-3-8(9)14)4-16-5-7(13)10(17)15-11(16)18/h1-3,5H,4H2,(H,15,17,18). The lowest BCUT2D eigenvalue weighted by molar-refractivity contribution is 0.614. The van der Waals surface area contributed by atoms with Gasteiger partial charge >= 0.3 is 5.69 Å². The molecule has 0 spiro atoms. The van der Waals surface area contributed by atoms with E-state index in [0.29, 0.717) is 5.56 Å². The Balaban J connectivity index is 2.47. The van der Waals surface area contributed by atoms with Crippen LogP contribution in [0.3, 0.4) is 0 Å². The number of H-pyrrole nitrogens is 1. The van der Waals surface area contributed by atoms with E-state index in [4.69, 9.17) is 11.6 Å². The van der Waals surface area contributed by atoms with E-state index in [1.807, 2.05) is 0 Å². The Morgan fingerprint density at radius 1 is 1.39 bits per heavy atom. The van der Waals surface area contributed by atoms with Gasteiger partial charge in [0.2, 0.25) is 0 Å². The van der Waals surface area contributed by atoms with Gasteiger partial charge in [-0.3, -0.25) is 14.3 Å². The Bertz CT molecular complexity index is 711. The quantitative estimate of drug-likeness (QED) is 0.915. The van der Waals surface area contributed by atoms with Crippen molar-refractivity contribution in [3.8, 4) is 0 Å². The molecular weight excluding hydrogens is 326 g/mol. The van der Waals surface area contributed by atoms with Crippen molar-refractivity contribution in [1.29, 1.82) is 0 Å². The van der Waals surface area contributed by atoms with Gasteiger partial charge < -0.3 is 0 Å². The maximum absolute atomic E-state index is 13.3. The fourth-order valence-corrected chi connectivity index (χ4v) is 2.01. The van der Waals surface area contributed by atoms with Crippen molar-refractivity contribution in [2.45, 2.75) is 6.54 Å². The number of rotatable bonds is 2. The zero-order valence-corrected chi connectivity index (χ0v) is 11.3. The second-order valence-corrected chi connectivity index (χ2v) is 4.78. The van der Waals surface area contributed by atoms with Crippen LogP contribution >= 0.6 is 27.5 Å². The summed E-state index contributed by atoms with van der Waals surface area (Å²) in [5.41, 5.74) is -0.669. The van der Waals surface area contributed by atoms with E-state index in [9.17, 15) is 14.0 Å². The van der Waals surface area contributed by atoms with Gasteiger partial charge in [0.1, 0.15) is 10.8 Å². The van der Waals surface area contributed by atoms with Crippen LogP contribution in [0.2, 0.25) is 5.02 Å². The van der Waals surface area contributed by atoms with E-state index in [2.05, 4.69) is 20.9 Å². The third-order valence-electron chi connectivity index (χ3n) is 2.34. The summed E-state index contributed by atoms with van der Waals surface area (Å²) in [5, 5.41) is -0.0953. The molecule has 18 heavy (non-hydrogen) atoms. The van der Waals surface area contributed by atoms with Gasteiger partial charge in [0.25, 0.3) is 5.56 Å². The van der Waals surface area contributed by atoms with Gasteiger partial charge in [-0.15, -0.1) is 0 Å². The molecule has 0 radical (unpaired) electrons. The number of benzene rings is 1. The average molecular weight is 334 g/mol. The van der Waals surface area contributed by atoms with E-state index in [-0.39, 0.29) is 16.0 Å². The van der Waals surface area contributed by atoms with Crippen molar-refractivity contribution in [2.75, 3.05) is 0 Å². The monoisotopic (exact) mass is 332 g/mol. The number of hydrogen-bond donors (Lipinski definition) is 1. The minimum absolute atomic E-state index is 0.0953. The molecule has 1 aromatic heterocycles. The summed E-state index contributed by atoms with van der Waals surface area (Å²) in [6.07, 6.45) is 1.22. The van der Waals surface area contributed by atoms with Gasteiger partial charge in [0.15, 0.2) is 0 Å². The molecule has 0 fully saturated rings. The van der Waals surface area contributed by atoms with Crippen LogP contribution in [-0.4, -0.2) is 9.55 Å². The lowest BCUT2D eigenvalue weighted by Crippen LogP contribution is -2.30. The molecule has 0 aliphatic heterocycles. The molecule has 1 heterocycles. The van der Waals surface area contributed by atoms with E-state index in [1.165, 1.54) is 22.9 Å². The van der Waals surface area contributed by atoms with Gasteiger partial charge in [0.05, 0.1) is 11.0 Å². The summed E-state index contributed by atoms with van der Waals surface area (Å²) in [6, 6.07) is 4.50. The number of halogens is 3. The summed E-state index contributed by atoms with van der Waals surface area (Å²) in [6.45, 7) is 0.105. The smallest absolute Gasteiger partial charge is 0.295 e. The summed E-state index contributed by atoms with van der Waals surface area (Å²) in [5.74, 6) is -0.420. The summed E-state index contributed by atoms with van der Waals surface area (Å²) in [4.78, 5) is 24.7. The SMILES string of the molecule is O=c1[nH]c(=O)n(Cc2cccc(F)c2Br)cc1Cl. The predicted molar refractivity (Wildman–Crippen MR) is 69.5 cm³/mol. The third-order valence-corrected chi connectivity index (χ3v) is 3.50. The van der Waals surface area contributed by atoms with Crippen LogP contribution in [0.1, 0.15) is 5.56 Å². The molecule has 0 saturated heterocycles. The number of nitrogens with one attached hydrogen (secondary N) is 1. The lowest BCUT2D eigenvalue weighted by Gasteiger charge is -2.07. The number of aromatic nitrogens is 2. The molecule has 0 bridgehead atoms. The zero-order chi connectivity index (χ0) is 13.3. The highest BCUT2D eigenvalue weighted by atomic mass is 79.9. The molecule has 2 rings (SSSR count). The Labute approximate surface area is 114 Å². The molecule has 2 aromatic rings. The summed E-state index contributed by atoms with van der Waals surface area (Å²) < 4.78 is 14.8. The molecule has 4 nitrogen and oxygen atoms in total. The third kappa shape index (κ3) is 2.54. The molecule has 0 atom stereocenters. The van der Waals surface area contributed by atoms with E-state index in [0.717, 1.165) is 0 Å². The van der Waals surface area contributed by atoms with Crippen LogP contribution in [-0.2, 0) is 6.54 Å². The molecule has 94 valence electrons. The first-order valence-corrected chi connectivity index (χ1v) is 6.08. The average Bonchev–Trinajstić information content (AvgIpc) is 2.32. The second kappa shape index (κ2) is 5.07. The van der Waals surface area contributed by atoms with Crippen molar-refractivity contribution < 1.29 is 4.39 Å². The minimum Gasteiger partial charge on any atom is -0.295 e. The first-order valence-electron chi connectivity index (χ1n) is 4.91. The fourth-order valence-electron chi connectivity index (χ4n) is 1.45. The Morgan fingerprint density at radius 3 is 2.83 bits per heavy atom. The van der Waals surface area contributed by atoms with Crippen molar-refractivity contribution in [3.63, 3.8) is 0 Å². The van der Waals surface area contributed by atoms with Crippen LogP contribution in [0.25, 0.3) is 0 Å². The van der Waals surface area contributed by atoms with Gasteiger partial charge in [-0.25, -0.2) is 9.18 Å². The maximum atomic E-state index is 13.3. The van der Waals surface area contributed by atoms with Crippen LogP contribution in [0, 0.1) is 5.82 Å². The van der Waals surface area contributed by atoms with Crippen LogP contribution in [0.4, 0.5) is 4.39 Å². The first-order chi connectivity index (χ1) is 8.49. The highest BCUT2D eigenvalue weighted by Gasteiger charge is 2.08. The lowest BCUT2D eigenvalue weighted by atomic mass is 10.2. The van der Waals surface area contributed by atoms with Crippen molar-refractivity contribution in [1.82, 2.24) is 9.55 Å². The van der Waals surface area contributed by atoms with Crippen LogP contribution in [0.5, 0.6) is 0 Å². The maximum Gasteiger partial charge on any atom is 0.328 e. The van der Waals surface area contributed by atoms with Gasteiger partial charge in [-0.2, -0.15) is 0 Å². The summed E-state index contributed by atoms with van der Waals surface area (Å²) >= 11 is 8.73. The minimum atomic E-state index is -0.642. The first kappa shape index (κ1) is 13.0. The topological polar surface area (TPSA) is 54.9 Å². The van der Waals surface area contributed by atoms with Crippen molar-refractivity contribution in [3.05, 3.63) is 66.1 Å². The van der Waals surface area contributed by atoms with Crippen LogP contribution < -0.4 is 11.2 Å². The molecule has 0 saturated carbocycles. The molecule has 0 aliphatic carbocycles. The van der Waals surface area contributed by atoms with Gasteiger partial charge in [0, 0.05) is 6.20 Å². The predicted octanol–water partition coefficient (Wildman–Crippen LogP) is 2.14. The molecule has 7 heteroatoms. The Kier molecular flexibility index (Phi) is 3.68. The van der Waals surface area contributed by atoms with Gasteiger partial charge in [-0.1, -0.05) is 23.7 Å². The van der Waals surface area contributed by atoms with E-state index >= 15 is 0 Å². The Morgan fingerprint density at radius 2 is 2.11 bits per heavy atom. The number of nitrogens with zero attached hydrogens (tertiary/aromatic N) is 1. The zero-order valence-electron chi connectivity index (χ0n) is 8.91. The second-order valence-electron chi connectivity index (χ2n) is 3.58. The number of aromatic amines is 1.